The molecule has 2 amide bonds. The van der Waals surface area contributed by atoms with E-state index < -0.39 is 0 Å². The van der Waals surface area contributed by atoms with Gasteiger partial charge in [-0.05, 0) is 44.2 Å². The lowest BCUT2D eigenvalue weighted by atomic mass is 10.2. The van der Waals surface area contributed by atoms with Crippen molar-refractivity contribution in [1.29, 1.82) is 0 Å². The van der Waals surface area contributed by atoms with Crippen LogP contribution in [-0.4, -0.2) is 21.6 Å². The zero-order valence-corrected chi connectivity index (χ0v) is 13.6. The molecule has 2 aromatic rings. The number of hydrogen-bond donors (Lipinski definition) is 2. The van der Waals surface area contributed by atoms with Crippen molar-refractivity contribution in [3.05, 3.63) is 39.8 Å². The van der Waals surface area contributed by atoms with E-state index in [9.17, 15) is 9.59 Å². The molecule has 6 nitrogen and oxygen atoms in total. The summed E-state index contributed by atoms with van der Waals surface area (Å²) >= 11 is 1.69. The molecule has 2 rings (SSSR count). The molecule has 0 aromatic carbocycles. The van der Waals surface area contributed by atoms with Crippen molar-refractivity contribution < 1.29 is 9.59 Å². The second-order valence-corrected chi connectivity index (χ2v) is 6.15. The number of nitrogens with one attached hydrogen (secondary N) is 2. The Bertz CT molecular complexity index is 634. The molecule has 0 spiro atoms. The first-order valence-corrected chi connectivity index (χ1v) is 8.03. The van der Waals surface area contributed by atoms with Crippen molar-refractivity contribution in [1.82, 2.24) is 20.6 Å². The molecule has 7 heteroatoms. The maximum Gasteiger partial charge on any atom is 0.260 e. The van der Waals surface area contributed by atoms with E-state index in [-0.39, 0.29) is 18.4 Å². The fourth-order valence-corrected chi connectivity index (χ4v) is 2.84. The normalized spacial score (nSPS) is 10.5. The summed E-state index contributed by atoms with van der Waals surface area (Å²) in [6.45, 7) is 3.85. The van der Waals surface area contributed by atoms with Gasteiger partial charge in [-0.15, -0.1) is 11.3 Å². The average molecular weight is 320 g/mol. The van der Waals surface area contributed by atoms with Crippen molar-refractivity contribution in [3.63, 3.8) is 0 Å². The monoisotopic (exact) mass is 320 g/mol. The number of aryl methyl sites for hydroxylation is 3. The van der Waals surface area contributed by atoms with Crippen LogP contribution in [0.4, 0.5) is 0 Å². The van der Waals surface area contributed by atoms with Crippen LogP contribution in [0.15, 0.2) is 23.6 Å². The van der Waals surface area contributed by atoms with Crippen molar-refractivity contribution in [3.8, 4) is 0 Å². The molecular formula is C15H20N4O2S. The molecule has 0 aliphatic heterocycles. The maximum absolute atomic E-state index is 11.8. The van der Waals surface area contributed by atoms with Gasteiger partial charge in [-0.1, -0.05) is 6.07 Å². The van der Waals surface area contributed by atoms with Crippen LogP contribution in [0, 0.1) is 13.8 Å². The van der Waals surface area contributed by atoms with Gasteiger partial charge in [0.15, 0.2) is 0 Å². The molecule has 0 aliphatic rings. The number of carbonyl (C=O) groups excluding carboxylic acids is 2. The molecule has 2 aromatic heterocycles. The Balaban J connectivity index is 1.65. The fourth-order valence-electron chi connectivity index (χ4n) is 2.09. The Morgan fingerprint density at radius 3 is 2.68 bits per heavy atom. The zero-order valence-electron chi connectivity index (χ0n) is 12.8. The maximum atomic E-state index is 11.8. The van der Waals surface area contributed by atoms with E-state index in [4.69, 9.17) is 0 Å². The topological polar surface area (TPSA) is 76.0 Å². The lowest BCUT2D eigenvalue weighted by molar-refractivity contribution is -0.129. The first-order valence-electron chi connectivity index (χ1n) is 7.15. The van der Waals surface area contributed by atoms with E-state index in [1.807, 2.05) is 31.4 Å². The van der Waals surface area contributed by atoms with Gasteiger partial charge in [-0.2, -0.15) is 5.10 Å². The first-order chi connectivity index (χ1) is 10.5. The Morgan fingerprint density at radius 2 is 2.05 bits per heavy atom. The molecule has 0 saturated heterocycles. The van der Waals surface area contributed by atoms with Gasteiger partial charge >= 0.3 is 0 Å². The van der Waals surface area contributed by atoms with Gasteiger partial charge in [0.1, 0.15) is 6.54 Å². The van der Waals surface area contributed by atoms with Gasteiger partial charge < -0.3 is 0 Å². The van der Waals surface area contributed by atoms with Crippen molar-refractivity contribution in [2.75, 3.05) is 0 Å². The summed E-state index contributed by atoms with van der Waals surface area (Å²) in [5.41, 5.74) is 6.62. The highest BCUT2D eigenvalue weighted by Gasteiger charge is 2.08. The van der Waals surface area contributed by atoms with Gasteiger partial charge in [0, 0.05) is 17.0 Å². The molecule has 0 fully saturated rings. The third kappa shape index (κ3) is 5.00. The summed E-state index contributed by atoms with van der Waals surface area (Å²) in [5, 5.41) is 6.22. The van der Waals surface area contributed by atoms with Crippen molar-refractivity contribution >= 4 is 23.2 Å². The molecule has 2 heterocycles. The molecule has 0 aliphatic carbocycles. The average Bonchev–Trinajstić information content (AvgIpc) is 3.07. The number of aromatic nitrogens is 2. The van der Waals surface area contributed by atoms with E-state index in [2.05, 4.69) is 22.0 Å². The van der Waals surface area contributed by atoms with Gasteiger partial charge in [-0.25, -0.2) is 0 Å². The van der Waals surface area contributed by atoms with E-state index in [1.54, 1.807) is 16.0 Å². The second kappa shape index (κ2) is 7.74. The number of hydrazine groups is 1. The summed E-state index contributed by atoms with van der Waals surface area (Å²) in [7, 11) is 0. The molecule has 0 unspecified atom stereocenters. The van der Waals surface area contributed by atoms with E-state index in [0.29, 0.717) is 6.42 Å². The summed E-state index contributed by atoms with van der Waals surface area (Å²) < 4.78 is 1.60. The van der Waals surface area contributed by atoms with Crippen molar-refractivity contribution in [2.24, 2.45) is 0 Å². The largest absolute Gasteiger partial charge is 0.273 e. The Labute approximate surface area is 133 Å². The Hall–Kier alpha value is -2.15. The highest BCUT2D eigenvalue weighted by molar-refractivity contribution is 7.09. The number of carbonyl (C=O) groups is 2. The molecule has 22 heavy (non-hydrogen) atoms. The van der Waals surface area contributed by atoms with Gasteiger partial charge in [0.2, 0.25) is 5.91 Å². The highest BCUT2D eigenvalue weighted by Crippen LogP contribution is 2.11. The second-order valence-electron chi connectivity index (χ2n) is 5.11. The van der Waals surface area contributed by atoms with E-state index in [0.717, 1.165) is 24.2 Å². The van der Waals surface area contributed by atoms with Crippen LogP contribution in [0.25, 0.3) is 0 Å². The summed E-state index contributed by atoms with van der Waals surface area (Å²) in [6.07, 6.45) is 2.03. The predicted molar refractivity (Wildman–Crippen MR) is 85.2 cm³/mol. The number of hydrogen-bond acceptors (Lipinski definition) is 4. The van der Waals surface area contributed by atoms with Crippen LogP contribution in [0.2, 0.25) is 0 Å². The quantitative estimate of drug-likeness (QED) is 0.796. The van der Waals surface area contributed by atoms with Gasteiger partial charge in [0.25, 0.3) is 5.91 Å². The third-order valence-electron chi connectivity index (χ3n) is 3.15. The lowest BCUT2D eigenvalue weighted by Gasteiger charge is -2.08. The summed E-state index contributed by atoms with van der Waals surface area (Å²) in [4.78, 5) is 24.7. The molecule has 0 saturated carbocycles. The predicted octanol–water partition coefficient (Wildman–Crippen LogP) is 1.73. The van der Waals surface area contributed by atoms with Crippen molar-refractivity contribution in [2.45, 2.75) is 39.7 Å². The Kier molecular flexibility index (Phi) is 5.71. The van der Waals surface area contributed by atoms with Gasteiger partial charge in [0.05, 0.1) is 5.69 Å². The number of rotatable bonds is 6. The minimum Gasteiger partial charge on any atom is -0.273 e. The number of thiophene rings is 1. The fraction of sp³-hybridized carbons (Fsp3) is 0.400. The van der Waals surface area contributed by atoms with E-state index in [1.165, 1.54) is 4.88 Å². The van der Waals surface area contributed by atoms with Crippen LogP contribution in [-0.2, 0) is 22.6 Å². The molecule has 118 valence electrons. The Morgan fingerprint density at radius 1 is 1.27 bits per heavy atom. The highest BCUT2D eigenvalue weighted by atomic mass is 32.1. The molecule has 0 bridgehead atoms. The molecule has 2 N–H and O–H groups in total. The minimum atomic E-state index is -0.294. The zero-order chi connectivity index (χ0) is 15.9. The van der Waals surface area contributed by atoms with Crippen LogP contribution in [0.1, 0.15) is 29.1 Å². The van der Waals surface area contributed by atoms with Gasteiger partial charge in [-0.3, -0.25) is 25.1 Å². The SMILES string of the molecule is Cc1cc(C)n(CC(=O)NNC(=O)CCCc2cccs2)n1. The van der Waals surface area contributed by atoms with Crippen LogP contribution in [0.3, 0.4) is 0 Å². The molecule has 0 radical (unpaired) electrons. The summed E-state index contributed by atoms with van der Waals surface area (Å²) in [6, 6.07) is 5.95. The lowest BCUT2D eigenvalue weighted by Crippen LogP contribution is -2.43. The standard InChI is InChI=1S/C15H20N4O2S/c1-11-9-12(2)19(18-11)10-15(21)17-16-14(20)7-3-5-13-6-4-8-22-13/h4,6,8-9H,3,5,7,10H2,1-2H3,(H,16,20)(H,17,21). The summed E-state index contributed by atoms with van der Waals surface area (Å²) in [5.74, 6) is -0.476. The first kappa shape index (κ1) is 16.2. The molecular weight excluding hydrogens is 300 g/mol. The smallest absolute Gasteiger partial charge is 0.260 e. The minimum absolute atomic E-state index is 0.0924. The van der Waals surface area contributed by atoms with Crippen LogP contribution >= 0.6 is 11.3 Å². The molecule has 0 atom stereocenters. The van der Waals surface area contributed by atoms with Crippen LogP contribution in [0.5, 0.6) is 0 Å². The van der Waals surface area contributed by atoms with E-state index >= 15 is 0 Å². The van der Waals surface area contributed by atoms with Crippen LogP contribution < -0.4 is 10.9 Å². The third-order valence-corrected chi connectivity index (χ3v) is 4.08. The number of nitrogens with zero attached hydrogens (tertiary/aromatic N) is 2. The number of amides is 2.